The van der Waals surface area contributed by atoms with Gasteiger partial charge in [-0.15, -0.1) is 0 Å². The zero-order valence-electron chi connectivity index (χ0n) is 18.0. The topological polar surface area (TPSA) is 68.0 Å². The highest BCUT2D eigenvalue weighted by Crippen LogP contribution is 2.44. The number of benzene rings is 2. The molecule has 164 valence electrons. The minimum absolute atomic E-state index is 0.0441. The fourth-order valence-corrected chi connectivity index (χ4v) is 5.00. The van der Waals surface area contributed by atoms with Crippen molar-refractivity contribution in [3.8, 4) is 5.75 Å². The van der Waals surface area contributed by atoms with Crippen LogP contribution < -0.4 is 10.5 Å². The van der Waals surface area contributed by atoms with Gasteiger partial charge in [0.25, 0.3) is 0 Å². The Balaban J connectivity index is 1.28. The molecule has 5 rings (SSSR count). The van der Waals surface area contributed by atoms with Crippen molar-refractivity contribution in [3.63, 3.8) is 0 Å². The lowest BCUT2D eigenvalue weighted by Gasteiger charge is -2.49. The van der Waals surface area contributed by atoms with E-state index in [0.29, 0.717) is 18.8 Å². The Hall–Kier alpha value is -2.41. The molecule has 0 unspecified atom stereocenters. The van der Waals surface area contributed by atoms with Gasteiger partial charge in [0.05, 0.1) is 5.54 Å². The fraction of sp³-hybridized carbons (Fsp3) is 0.480. The van der Waals surface area contributed by atoms with Crippen LogP contribution in [-0.2, 0) is 15.8 Å². The van der Waals surface area contributed by atoms with E-state index in [9.17, 15) is 4.79 Å². The molecule has 2 saturated heterocycles. The summed E-state index contributed by atoms with van der Waals surface area (Å²) >= 11 is 0. The molecule has 0 aromatic heterocycles. The Morgan fingerprint density at radius 3 is 2.06 bits per heavy atom. The van der Waals surface area contributed by atoms with Crippen LogP contribution in [0.15, 0.2) is 54.6 Å². The predicted molar refractivity (Wildman–Crippen MR) is 119 cm³/mol. The third-order valence-corrected chi connectivity index (χ3v) is 7.20. The zero-order valence-corrected chi connectivity index (χ0v) is 18.0. The summed E-state index contributed by atoms with van der Waals surface area (Å²) < 4.78 is 11.3. The predicted octanol–water partition coefficient (Wildman–Crippen LogP) is 3.46. The number of amides is 1. The van der Waals surface area contributed by atoms with Crippen molar-refractivity contribution in [1.29, 1.82) is 0 Å². The molecule has 2 aliphatic heterocycles. The maximum absolute atomic E-state index is 12.6. The smallest absolute Gasteiger partial charge is 0.410 e. The molecule has 1 aliphatic carbocycles. The van der Waals surface area contributed by atoms with E-state index in [0.717, 1.165) is 52.0 Å². The van der Waals surface area contributed by atoms with E-state index in [-0.39, 0.29) is 17.2 Å². The molecule has 0 bridgehead atoms. The van der Waals surface area contributed by atoms with Gasteiger partial charge in [-0.1, -0.05) is 42.5 Å². The molecule has 3 aliphatic rings. The van der Waals surface area contributed by atoms with Crippen LogP contribution in [-0.4, -0.2) is 55.3 Å². The van der Waals surface area contributed by atoms with Crippen molar-refractivity contribution in [1.82, 2.24) is 9.80 Å². The average molecular weight is 422 g/mol. The highest BCUT2D eigenvalue weighted by molar-refractivity contribution is 5.70. The van der Waals surface area contributed by atoms with E-state index in [4.69, 9.17) is 15.2 Å². The molecule has 2 heterocycles. The summed E-state index contributed by atoms with van der Waals surface area (Å²) in [4.78, 5) is 16.9. The summed E-state index contributed by atoms with van der Waals surface area (Å²) in [6.07, 6.45) is 3.82. The number of hydrogen-bond donors (Lipinski definition) is 1. The van der Waals surface area contributed by atoms with Crippen LogP contribution in [0.1, 0.15) is 36.8 Å². The minimum Gasteiger partial charge on any atom is -0.410 e. The number of hydrogen-bond acceptors (Lipinski definition) is 5. The van der Waals surface area contributed by atoms with E-state index in [1.54, 1.807) is 0 Å². The van der Waals surface area contributed by atoms with Crippen LogP contribution in [0, 0.1) is 0 Å². The first-order valence-electron chi connectivity index (χ1n) is 11.3. The molecule has 0 spiro atoms. The lowest BCUT2D eigenvalue weighted by atomic mass is 9.80. The standard InChI is InChI=1S/C25H31N3O3/c26-24(10-11-24)20-6-8-21(9-7-20)25(12-18-30-19-13-25)28-16-14-27(15-17-28)23(29)31-22-4-2-1-3-5-22/h1-9H,10-19,26H2. The summed E-state index contributed by atoms with van der Waals surface area (Å²) in [6.45, 7) is 4.51. The van der Waals surface area contributed by atoms with E-state index >= 15 is 0 Å². The first-order chi connectivity index (χ1) is 15.1. The van der Waals surface area contributed by atoms with Crippen LogP contribution in [0.5, 0.6) is 5.75 Å². The van der Waals surface area contributed by atoms with Crippen molar-refractivity contribution in [3.05, 3.63) is 65.7 Å². The van der Waals surface area contributed by atoms with Gasteiger partial charge in [0, 0.05) is 44.9 Å². The van der Waals surface area contributed by atoms with Gasteiger partial charge in [0.1, 0.15) is 5.75 Å². The number of rotatable bonds is 4. The number of nitrogens with two attached hydrogens (primary N) is 1. The second kappa shape index (κ2) is 8.26. The lowest BCUT2D eigenvalue weighted by molar-refractivity contribution is -0.0483. The monoisotopic (exact) mass is 421 g/mol. The third kappa shape index (κ3) is 4.07. The first kappa shape index (κ1) is 20.5. The minimum atomic E-state index is -0.270. The van der Waals surface area contributed by atoms with Crippen molar-refractivity contribution >= 4 is 6.09 Å². The van der Waals surface area contributed by atoms with Gasteiger partial charge in [-0.05, 0) is 48.9 Å². The van der Waals surface area contributed by atoms with E-state index < -0.39 is 0 Å². The molecule has 3 fully saturated rings. The highest BCUT2D eigenvalue weighted by atomic mass is 16.6. The Labute approximate surface area is 183 Å². The van der Waals surface area contributed by atoms with Crippen LogP contribution in [0.2, 0.25) is 0 Å². The molecule has 2 aromatic carbocycles. The second-order valence-corrected chi connectivity index (χ2v) is 9.03. The maximum atomic E-state index is 12.6. The Morgan fingerprint density at radius 1 is 0.839 bits per heavy atom. The largest absolute Gasteiger partial charge is 0.415 e. The fourth-order valence-electron chi connectivity index (χ4n) is 5.00. The summed E-state index contributed by atoms with van der Waals surface area (Å²) in [5, 5.41) is 0. The maximum Gasteiger partial charge on any atom is 0.415 e. The zero-order chi connectivity index (χ0) is 21.3. The van der Waals surface area contributed by atoms with E-state index in [2.05, 4.69) is 29.2 Å². The van der Waals surface area contributed by atoms with Crippen LogP contribution in [0.4, 0.5) is 4.79 Å². The number of carbonyl (C=O) groups is 1. The molecule has 0 radical (unpaired) electrons. The van der Waals surface area contributed by atoms with Crippen LogP contribution in [0.25, 0.3) is 0 Å². The highest BCUT2D eigenvalue weighted by Gasteiger charge is 2.43. The van der Waals surface area contributed by atoms with Crippen LogP contribution >= 0.6 is 0 Å². The summed E-state index contributed by atoms with van der Waals surface area (Å²) in [6, 6.07) is 18.2. The van der Waals surface area contributed by atoms with Crippen molar-refractivity contribution in [2.75, 3.05) is 39.4 Å². The quantitative estimate of drug-likeness (QED) is 0.819. The summed E-state index contributed by atoms with van der Waals surface area (Å²) in [5.74, 6) is 0.587. The summed E-state index contributed by atoms with van der Waals surface area (Å²) in [5.41, 5.74) is 8.82. The Bertz CT molecular complexity index is 897. The summed E-state index contributed by atoms with van der Waals surface area (Å²) in [7, 11) is 0. The van der Waals surface area contributed by atoms with Gasteiger partial charge in [0.2, 0.25) is 0 Å². The molecular weight excluding hydrogens is 390 g/mol. The van der Waals surface area contributed by atoms with Gasteiger partial charge < -0.3 is 20.1 Å². The van der Waals surface area contributed by atoms with E-state index in [1.165, 1.54) is 11.1 Å². The molecule has 1 amide bonds. The SMILES string of the molecule is NC1(c2ccc(C3(N4CCN(C(=O)Oc5ccccc5)CC4)CCOCC3)cc2)CC1. The normalized spacial score (nSPS) is 22.7. The van der Waals surface area contributed by atoms with Crippen molar-refractivity contribution in [2.45, 2.75) is 36.8 Å². The van der Waals surface area contributed by atoms with Crippen molar-refractivity contribution in [2.24, 2.45) is 5.73 Å². The van der Waals surface area contributed by atoms with Gasteiger partial charge in [-0.25, -0.2) is 4.79 Å². The molecular formula is C25H31N3O3. The van der Waals surface area contributed by atoms with Crippen LogP contribution in [0.3, 0.4) is 0 Å². The van der Waals surface area contributed by atoms with Gasteiger partial charge in [-0.2, -0.15) is 0 Å². The molecule has 0 atom stereocenters. The molecule has 31 heavy (non-hydrogen) atoms. The van der Waals surface area contributed by atoms with Gasteiger partial charge in [0.15, 0.2) is 0 Å². The number of para-hydroxylation sites is 1. The number of carbonyl (C=O) groups excluding carboxylic acids is 1. The first-order valence-corrected chi connectivity index (χ1v) is 11.3. The molecule has 6 nitrogen and oxygen atoms in total. The number of nitrogens with zero attached hydrogens (tertiary/aromatic N) is 2. The Morgan fingerprint density at radius 2 is 1.45 bits per heavy atom. The molecule has 6 heteroatoms. The molecule has 2 aromatic rings. The van der Waals surface area contributed by atoms with Gasteiger partial charge >= 0.3 is 6.09 Å². The number of piperazine rings is 1. The molecule has 1 saturated carbocycles. The third-order valence-electron chi connectivity index (χ3n) is 7.20. The second-order valence-electron chi connectivity index (χ2n) is 9.03. The lowest BCUT2D eigenvalue weighted by Crippen LogP contribution is -2.58. The van der Waals surface area contributed by atoms with Crippen molar-refractivity contribution < 1.29 is 14.3 Å². The molecule has 2 N–H and O–H groups in total. The number of ether oxygens (including phenoxy) is 2. The Kier molecular flexibility index (Phi) is 5.46. The average Bonchev–Trinajstić information content (AvgIpc) is 3.59. The van der Waals surface area contributed by atoms with Gasteiger partial charge in [-0.3, -0.25) is 4.90 Å². The van der Waals surface area contributed by atoms with E-state index in [1.807, 2.05) is 35.2 Å².